The molecule has 3 aromatic rings. The molecule has 3 rings (SSSR count). The minimum atomic E-state index is -0.645. The van der Waals surface area contributed by atoms with Crippen LogP contribution in [0.1, 0.15) is 0 Å². The maximum atomic E-state index is 9.31. The van der Waals surface area contributed by atoms with E-state index in [9.17, 15) is 10.4 Å². The van der Waals surface area contributed by atoms with Crippen LogP contribution >= 0.6 is 11.8 Å². The van der Waals surface area contributed by atoms with E-state index in [4.69, 9.17) is 0 Å². The molecule has 0 amide bonds. The fourth-order valence-corrected chi connectivity index (χ4v) is 3.09. The maximum Gasteiger partial charge on any atom is 0.211 e. The molecule has 0 saturated carbocycles. The minimum Gasteiger partial charge on any atom is -0.178 e. The molecule has 0 heterocycles. The number of fused-ring (bicyclic) bond motifs is 1. The van der Waals surface area contributed by atoms with E-state index >= 15 is 0 Å². The lowest BCUT2D eigenvalue weighted by atomic mass is 10.1. The first-order valence-electron chi connectivity index (χ1n) is 6.25. The third-order valence-electron chi connectivity index (χ3n) is 3.08. The van der Waals surface area contributed by atoms with E-state index in [0.29, 0.717) is 5.69 Å². The fourth-order valence-electron chi connectivity index (χ4n) is 2.10. The fraction of sp³-hybridized carbons (Fsp3) is 0. The summed E-state index contributed by atoms with van der Waals surface area (Å²) < 4.78 is 0. The van der Waals surface area contributed by atoms with E-state index in [1.165, 1.54) is 22.5 Å². The van der Waals surface area contributed by atoms with Crippen molar-refractivity contribution >= 4 is 28.2 Å². The molecule has 0 saturated heterocycles. The summed E-state index contributed by atoms with van der Waals surface area (Å²) in [5.41, 5.74) is 0.450. The molecule has 0 atom stereocenters. The summed E-state index contributed by atoms with van der Waals surface area (Å²) in [4.78, 5) is 1.89. The molecule has 3 nitrogen and oxygen atoms in total. The van der Waals surface area contributed by atoms with Gasteiger partial charge in [-0.1, -0.05) is 54.2 Å². The van der Waals surface area contributed by atoms with Crippen LogP contribution < -0.4 is 5.23 Å². The molecular formula is C16H14NO2S+. The summed E-state index contributed by atoms with van der Waals surface area (Å²) in [6, 6.07) is 21.6. The third-order valence-corrected chi connectivity index (χ3v) is 4.14. The van der Waals surface area contributed by atoms with Gasteiger partial charge < -0.3 is 0 Å². The van der Waals surface area contributed by atoms with Crippen molar-refractivity contribution in [3.05, 3.63) is 66.7 Å². The topological polar surface area (TPSA) is 44.9 Å². The van der Waals surface area contributed by atoms with E-state index < -0.39 is 5.23 Å². The molecule has 3 aromatic carbocycles. The Balaban J connectivity index is 1.97. The molecule has 0 aromatic heterocycles. The Kier molecular flexibility index (Phi) is 3.71. The first kappa shape index (κ1) is 13.1. The van der Waals surface area contributed by atoms with Gasteiger partial charge in [0, 0.05) is 11.0 Å². The molecule has 0 fully saturated rings. The quantitative estimate of drug-likeness (QED) is 0.647. The van der Waals surface area contributed by atoms with Gasteiger partial charge in [-0.3, -0.25) is 0 Å². The molecular weight excluding hydrogens is 270 g/mol. The summed E-state index contributed by atoms with van der Waals surface area (Å²) in [6.07, 6.45) is 0. The van der Waals surface area contributed by atoms with Crippen molar-refractivity contribution in [2.75, 3.05) is 0 Å². The maximum absolute atomic E-state index is 9.31. The van der Waals surface area contributed by atoms with Crippen LogP contribution in [0.25, 0.3) is 10.8 Å². The Bertz CT molecular complexity index is 743. The first-order valence-corrected chi connectivity index (χ1v) is 7.06. The van der Waals surface area contributed by atoms with Crippen molar-refractivity contribution < 1.29 is 15.6 Å². The average molecular weight is 284 g/mol. The number of benzene rings is 3. The molecule has 0 radical (unpaired) electrons. The zero-order valence-corrected chi connectivity index (χ0v) is 11.5. The summed E-state index contributed by atoms with van der Waals surface area (Å²) in [5.74, 6) is 0. The van der Waals surface area contributed by atoms with Gasteiger partial charge in [-0.15, -0.1) is 0 Å². The van der Waals surface area contributed by atoms with Crippen molar-refractivity contribution in [1.29, 1.82) is 0 Å². The van der Waals surface area contributed by atoms with Gasteiger partial charge >= 0.3 is 0 Å². The molecule has 20 heavy (non-hydrogen) atoms. The van der Waals surface area contributed by atoms with Gasteiger partial charge in [0.1, 0.15) is 0 Å². The van der Waals surface area contributed by atoms with Crippen LogP contribution in [-0.4, -0.2) is 10.4 Å². The largest absolute Gasteiger partial charge is 0.211 e. The Morgan fingerprint density at radius 1 is 0.750 bits per heavy atom. The Hall–Kier alpha value is -1.85. The molecule has 0 unspecified atom stereocenters. The number of hydrogen-bond acceptors (Lipinski definition) is 3. The van der Waals surface area contributed by atoms with Crippen LogP contribution in [0.15, 0.2) is 76.5 Å². The lowest BCUT2D eigenvalue weighted by molar-refractivity contribution is -1.19. The monoisotopic (exact) mass is 284 g/mol. The van der Waals surface area contributed by atoms with E-state index in [2.05, 4.69) is 24.3 Å². The van der Waals surface area contributed by atoms with Crippen molar-refractivity contribution in [3.63, 3.8) is 0 Å². The lowest BCUT2D eigenvalue weighted by Gasteiger charge is -2.08. The van der Waals surface area contributed by atoms with Crippen LogP contribution in [0.2, 0.25) is 0 Å². The summed E-state index contributed by atoms with van der Waals surface area (Å²) in [5, 5.41) is 20.4. The second kappa shape index (κ2) is 5.64. The highest BCUT2D eigenvalue weighted by Crippen LogP contribution is 2.33. The van der Waals surface area contributed by atoms with Gasteiger partial charge in [0.2, 0.25) is 5.69 Å². The Morgan fingerprint density at radius 2 is 1.45 bits per heavy atom. The molecule has 0 bridgehead atoms. The molecule has 4 heteroatoms. The highest BCUT2D eigenvalue weighted by Gasteiger charge is 2.13. The van der Waals surface area contributed by atoms with E-state index in [1.807, 2.05) is 30.3 Å². The van der Waals surface area contributed by atoms with Crippen LogP contribution in [0.4, 0.5) is 5.69 Å². The van der Waals surface area contributed by atoms with Crippen LogP contribution in [-0.2, 0) is 0 Å². The first-order chi connectivity index (χ1) is 9.74. The SMILES string of the molecule is O[NH+](O)c1ccccc1Sc1ccc2ccccc2c1. The summed E-state index contributed by atoms with van der Waals surface area (Å²) in [7, 11) is 0. The number of hydrogen-bond donors (Lipinski definition) is 3. The van der Waals surface area contributed by atoms with Crippen LogP contribution in [0.3, 0.4) is 0 Å². The zero-order chi connectivity index (χ0) is 13.9. The molecule has 0 aliphatic carbocycles. The molecule has 100 valence electrons. The normalized spacial score (nSPS) is 11.2. The highest BCUT2D eigenvalue weighted by molar-refractivity contribution is 7.99. The second-order valence-electron chi connectivity index (χ2n) is 4.43. The van der Waals surface area contributed by atoms with Crippen molar-refractivity contribution in [1.82, 2.24) is 0 Å². The number of para-hydroxylation sites is 1. The molecule has 0 aliphatic heterocycles. The van der Waals surface area contributed by atoms with Gasteiger partial charge in [0.25, 0.3) is 0 Å². The summed E-state index contributed by atoms with van der Waals surface area (Å²) >= 11 is 1.52. The van der Waals surface area contributed by atoms with Crippen LogP contribution in [0, 0.1) is 0 Å². The van der Waals surface area contributed by atoms with E-state index in [0.717, 1.165) is 9.79 Å². The predicted molar refractivity (Wildman–Crippen MR) is 78.7 cm³/mol. The summed E-state index contributed by atoms with van der Waals surface area (Å²) in [6.45, 7) is 0. The number of quaternary nitrogens is 1. The van der Waals surface area contributed by atoms with Gasteiger partial charge in [-0.25, -0.2) is 0 Å². The third kappa shape index (κ3) is 2.69. The minimum absolute atomic E-state index is 0.450. The zero-order valence-electron chi connectivity index (χ0n) is 10.7. The molecule has 3 N–H and O–H groups in total. The molecule has 0 spiro atoms. The van der Waals surface area contributed by atoms with Crippen LogP contribution in [0.5, 0.6) is 0 Å². The number of nitrogens with one attached hydrogen (secondary N) is 1. The Morgan fingerprint density at radius 3 is 2.25 bits per heavy atom. The predicted octanol–water partition coefficient (Wildman–Crippen LogP) is 3.29. The van der Waals surface area contributed by atoms with E-state index in [1.54, 1.807) is 12.1 Å². The Labute approximate surface area is 121 Å². The molecule has 0 aliphatic rings. The number of rotatable bonds is 3. The highest BCUT2D eigenvalue weighted by atomic mass is 32.2. The van der Waals surface area contributed by atoms with Crippen molar-refractivity contribution in [2.45, 2.75) is 9.79 Å². The van der Waals surface area contributed by atoms with Gasteiger partial charge in [0.15, 0.2) is 0 Å². The average Bonchev–Trinajstić information content (AvgIpc) is 2.47. The van der Waals surface area contributed by atoms with Crippen molar-refractivity contribution in [3.8, 4) is 0 Å². The van der Waals surface area contributed by atoms with Gasteiger partial charge in [-0.2, -0.15) is 10.4 Å². The standard InChI is InChI=1S/C16H13NO2S/c18-17(19)15-7-3-4-8-16(15)20-14-10-9-12-5-1-2-6-13(12)11-14/h1-11,18-19H/p+1. The lowest BCUT2D eigenvalue weighted by Crippen LogP contribution is -3.02. The smallest absolute Gasteiger partial charge is 0.178 e. The van der Waals surface area contributed by atoms with Crippen molar-refractivity contribution in [2.24, 2.45) is 0 Å². The van der Waals surface area contributed by atoms with Gasteiger partial charge in [0.05, 0.1) is 4.90 Å². The second-order valence-corrected chi connectivity index (χ2v) is 5.55. The van der Waals surface area contributed by atoms with Gasteiger partial charge in [-0.05, 0) is 34.2 Å². The van der Waals surface area contributed by atoms with E-state index in [-0.39, 0.29) is 0 Å².